The maximum absolute atomic E-state index is 12.9. The highest BCUT2D eigenvalue weighted by Gasteiger charge is 2.47. The van der Waals surface area contributed by atoms with Crippen molar-refractivity contribution in [3.8, 4) is 5.75 Å². The summed E-state index contributed by atoms with van der Waals surface area (Å²) in [6, 6.07) is 5.45. The first-order valence-electron chi connectivity index (χ1n) is 7.82. The molecule has 124 valence electrons. The number of amides is 2. The predicted molar refractivity (Wildman–Crippen MR) is 84.7 cm³/mol. The van der Waals surface area contributed by atoms with Gasteiger partial charge in [-0.25, -0.2) is 4.79 Å². The first-order chi connectivity index (χ1) is 10.9. The highest BCUT2D eigenvalue weighted by atomic mass is 16.6. The number of carbonyl (C=O) groups is 2. The standard InChI is InChI=1S/C17H22N2O4/c1-12-9-13(22-3)5-6-14(12)15(20)19-8-4-7-17(11-19)10-18(2)16(21)23-17/h5-6,9H,4,7-8,10-11H2,1-3H3. The van der Waals surface area contributed by atoms with E-state index in [1.54, 1.807) is 36.1 Å². The van der Waals surface area contributed by atoms with Crippen LogP contribution in [0, 0.1) is 6.92 Å². The minimum absolute atomic E-state index is 0.0187. The van der Waals surface area contributed by atoms with E-state index in [1.807, 2.05) is 13.0 Å². The van der Waals surface area contributed by atoms with Crippen LogP contribution in [0.25, 0.3) is 0 Å². The fourth-order valence-electron chi connectivity index (χ4n) is 3.45. The largest absolute Gasteiger partial charge is 0.497 e. The molecule has 1 aromatic carbocycles. The summed E-state index contributed by atoms with van der Waals surface area (Å²) in [5.74, 6) is 0.718. The average molecular weight is 318 g/mol. The SMILES string of the molecule is COc1ccc(C(=O)N2CCCC3(CN(C)C(=O)O3)C2)c(C)c1. The lowest BCUT2D eigenvalue weighted by Crippen LogP contribution is -2.52. The summed E-state index contributed by atoms with van der Waals surface area (Å²) in [7, 11) is 3.33. The van der Waals surface area contributed by atoms with Crippen LogP contribution in [-0.4, -0.2) is 61.2 Å². The molecule has 0 bridgehead atoms. The van der Waals surface area contributed by atoms with E-state index in [0.29, 0.717) is 25.2 Å². The van der Waals surface area contributed by atoms with Gasteiger partial charge in [0.05, 0.1) is 20.2 Å². The van der Waals surface area contributed by atoms with Crippen molar-refractivity contribution in [3.63, 3.8) is 0 Å². The number of nitrogens with zero attached hydrogens (tertiary/aromatic N) is 2. The highest BCUT2D eigenvalue weighted by Crippen LogP contribution is 2.32. The molecule has 2 amide bonds. The summed E-state index contributed by atoms with van der Waals surface area (Å²) in [4.78, 5) is 27.9. The Bertz CT molecular complexity index is 645. The molecule has 2 heterocycles. The maximum atomic E-state index is 12.9. The summed E-state index contributed by atoms with van der Waals surface area (Å²) in [6.45, 7) is 3.58. The number of likely N-dealkylation sites (tertiary alicyclic amines) is 1. The molecule has 1 unspecified atom stereocenters. The van der Waals surface area contributed by atoms with Gasteiger partial charge in [-0.15, -0.1) is 0 Å². The number of benzene rings is 1. The fourth-order valence-corrected chi connectivity index (χ4v) is 3.45. The van der Waals surface area contributed by atoms with E-state index in [-0.39, 0.29) is 12.0 Å². The van der Waals surface area contributed by atoms with Crippen LogP contribution in [0.2, 0.25) is 0 Å². The molecule has 3 rings (SSSR count). The second kappa shape index (κ2) is 5.76. The molecular formula is C17H22N2O4. The molecule has 6 heteroatoms. The van der Waals surface area contributed by atoms with Crippen LogP contribution in [0.5, 0.6) is 5.75 Å². The van der Waals surface area contributed by atoms with E-state index in [4.69, 9.17) is 9.47 Å². The Morgan fingerprint density at radius 3 is 2.74 bits per heavy atom. The van der Waals surface area contributed by atoms with Crippen LogP contribution in [-0.2, 0) is 4.74 Å². The lowest BCUT2D eigenvalue weighted by molar-refractivity contribution is -0.00524. The lowest BCUT2D eigenvalue weighted by atomic mass is 9.92. The van der Waals surface area contributed by atoms with Crippen LogP contribution in [0.4, 0.5) is 4.79 Å². The van der Waals surface area contributed by atoms with E-state index < -0.39 is 5.60 Å². The first kappa shape index (κ1) is 15.6. The van der Waals surface area contributed by atoms with E-state index in [0.717, 1.165) is 24.2 Å². The van der Waals surface area contributed by atoms with Crippen molar-refractivity contribution in [1.29, 1.82) is 0 Å². The van der Waals surface area contributed by atoms with Gasteiger partial charge in [0.15, 0.2) is 0 Å². The third-order valence-corrected chi connectivity index (χ3v) is 4.63. The van der Waals surface area contributed by atoms with Crippen molar-refractivity contribution < 1.29 is 19.1 Å². The minimum atomic E-state index is -0.555. The number of likely N-dealkylation sites (N-methyl/N-ethyl adjacent to an activating group) is 1. The van der Waals surface area contributed by atoms with Crippen LogP contribution in [0.15, 0.2) is 18.2 Å². The van der Waals surface area contributed by atoms with Crippen molar-refractivity contribution >= 4 is 12.0 Å². The Kier molecular flexibility index (Phi) is 3.92. The summed E-state index contributed by atoms with van der Waals surface area (Å²) in [5, 5.41) is 0. The summed E-state index contributed by atoms with van der Waals surface area (Å²) in [5.41, 5.74) is 0.996. The zero-order chi connectivity index (χ0) is 16.6. The predicted octanol–water partition coefficient (Wildman–Crippen LogP) is 2.06. The Hall–Kier alpha value is -2.24. The van der Waals surface area contributed by atoms with Crippen LogP contribution >= 0.6 is 0 Å². The van der Waals surface area contributed by atoms with Gasteiger partial charge in [0.1, 0.15) is 11.4 Å². The molecule has 0 aromatic heterocycles. The molecule has 1 atom stereocenters. The molecule has 0 aliphatic carbocycles. The molecular weight excluding hydrogens is 296 g/mol. The number of carbonyl (C=O) groups excluding carboxylic acids is 2. The van der Waals surface area contributed by atoms with Gasteiger partial charge in [-0.2, -0.15) is 0 Å². The molecule has 0 N–H and O–H groups in total. The number of aryl methyl sites for hydroxylation is 1. The topological polar surface area (TPSA) is 59.1 Å². The number of piperidine rings is 1. The maximum Gasteiger partial charge on any atom is 0.410 e. The molecule has 2 aliphatic rings. The Balaban J connectivity index is 1.79. The Morgan fingerprint density at radius 2 is 2.13 bits per heavy atom. The zero-order valence-corrected chi connectivity index (χ0v) is 13.8. The molecule has 1 aromatic rings. The Morgan fingerprint density at radius 1 is 1.35 bits per heavy atom. The van der Waals surface area contributed by atoms with Crippen LogP contribution < -0.4 is 4.74 Å². The summed E-state index contributed by atoms with van der Waals surface area (Å²) < 4.78 is 10.7. The van der Waals surface area contributed by atoms with E-state index in [9.17, 15) is 9.59 Å². The second-order valence-corrected chi connectivity index (χ2v) is 6.42. The second-order valence-electron chi connectivity index (χ2n) is 6.42. The van der Waals surface area contributed by atoms with Crippen molar-refractivity contribution in [2.75, 3.05) is 33.8 Å². The van der Waals surface area contributed by atoms with Crippen molar-refractivity contribution in [2.24, 2.45) is 0 Å². The quantitative estimate of drug-likeness (QED) is 0.837. The van der Waals surface area contributed by atoms with Crippen molar-refractivity contribution in [2.45, 2.75) is 25.4 Å². The molecule has 0 saturated carbocycles. The first-order valence-corrected chi connectivity index (χ1v) is 7.82. The smallest absolute Gasteiger partial charge is 0.410 e. The van der Waals surface area contributed by atoms with Crippen LogP contribution in [0.3, 0.4) is 0 Å². The van der Waals surface area contributed by atoms with E-state index >= 15 is 0 Å². The third kappa shape index (κ3) is 2.85. The van der Waals surface area contributed by atoms with Gasteiger partial charge in [0.2, 0.25) is 0 Å². The Labute approximate surface area is 136 Å². The number of hydrogen-bond acceptors (Lipinski definition) is 4. The summed E-state index contributed by atoms with van der Waals surface area (Å²) >= 11 is 0. The zero-order valence-electron chi connectivity index (χ0n) is 13.8. The lowest BCUT2D eigenvalue weighted by Gasteiger charge is -2.38. The molecule has 2 aliphatic heterocycles. The normalized spacial score (nSPS) is 24.0. The van der Waals surface area contributed by atoms with Crippen molar-refractivity contribution in [3.05, 3.63) is 29.3 Å². The molecule has 0 radical (unpaired) electrons. The fraction of sp³-hybridized carbons (Fsp3) is 0.529. The number of methoxy groups -OCH3 is 1. The molecule has 23 heavy (non-hydrogen) atoms. The summed E-state index contributed by atoms with van der Waals surface area (Å²) in [6.07, 6.45) is 1.33. The monoisotopic (exact) mass is 318 g/mol. The average Bonchev–Trinajstić information content (AvgIpc) is 2.80. The van der Waals surface area contributed by atoms with Gasteiger partial charge in [-0.1, -0.05) is 0 Å². The van der Waals surface area contributed by atoms with Gasteiger partial charge in [-0.05, 0) is 43.5 Å². The van der Waals surface area contributed by atoms with Crippen molar-refractivity contribution in [1.82, 2.24) is 9.80 Å². The van der Waals surface area contributed by atoms with Gasteiger partial charge in [0.25, 0.3) is 5.91 Å². The number of hydrogen-bond donors (Lipinski definition) is 0. The third-order valence-electron chi connectivity index (χ3n) is 4.63. The van der Waals surface area contributed by atoms with Gasteiger partial charge in [0, 0.05) is 19.2 Å². The van der Waals surface area contributed by atoms with Gasteiger partial charge < -0.3 is 19.3 Å². The van der Waals surface area contributed by atoms with Crippen LogP contribution in [0.1, 0.15) is 28.8 Å². The molecule has 1 spiro atoms. The molecule has 6 nitrogen and oxygen atoms in total. The van der Waals surface area contributed by atoms with E-state index in [2.05, 4.69) is 0 Å². The van der Waals surface area contributed by atoms with Gasteiger partial charge >= 0.3 is 6.09 Å². The molecule has 2 fully saturated rings. The number of ether oxygens (including phenoxy) is 2. The highest BCUT2D eigenvalue weighted by molar-refractivity contribution is 5.96. The molecule has 2 saturated heterocycles. The van der Waals surface area contributed by atoms with Gasteiger partial charge in [-0.3, -0.25) is 4.79 Å². The van der Waals surface area contributed by atoms with E-state index in [1.165, 1.54) is 0 Å². The minimum Gasteiger partial charge on any atom is -0.497 e. The number of rotatable bonds is 2.